The summed E-state index contributed by atoms with van der Waals surface area (Å²) in [5.41, 5.74) is 0. The summed E-state index contributed by atoms with van der Waals surface area (Å²) in [4.78, 5) is 0. The van der Waals surface area contributed by atoms with E-state index in [0.29, 0.717) is 0 Å². The summed E-state index contributed by atoms with van der Waals surface area (Å²) >= 11 is 0. The third kappa shape index (κ3) is 13.0. The van der Waals surface area contributed by atoms with Crippen LogP contribution in [0.3, 0.4) is 0 Å². The van der Waals surface area contributed by atoms with Crippen molar-refractivity contribution in [1.29, 1.82) is 0 Å². The van der Waals surface area contributed by atoms with Crippen LogP contribution in [-0.4, -0.2) is 11.2 Å². The molecule has 1 nitrogen and oxygen atoms in total. The first-order valence-electron chi connectivity index (χ1n) is 5.49. The fourth-order valence-electron chi connectivity index (χ4n) is 1.36. The zero-order valence-corrected chi connectivity index (χ0v) is 11.7. The van der Waals surface area contributed by atoms with Crippen molar-refractivity contribution in [3.05, 3.63) is 0 Å². The van der Waals surface area contributed by atoms with Crippen LogP contribution >= 0.6 is 0 Å². The molecule has 0 aliphatic rings. The predicted octanol–water partition coefficient (Wildman–Crippen LogP) is 0.624. The molecule has 0 aliphatic carbocycles. The van der Waals surface area contributed by atoms with Crippen LogP contribution < -0.4 is 29.6 Å². The van der Waals surface area contributed by atoms with Gasteiger partial charge in [0.15, 0.2) is 0 Å². The Balaban J connectivity index is -0.000000605. The van der Waals surface area contributed by atoms with Crippen molar-refractivity contribution in [3.8, 4) is 0 Å². The maximum Gasteiger partial charge on any atom is 1.00 e. The zero-order valence-electron chi connectivity index (χ0n) is 10.7. The Labute approximate surface area is 107 Å². The Kier molecular flexibility index (Phi) is 16.3. The van der Waals surface area contributed by atoms with Crippen LogP contribution in [0.1, 0.15) is 66.6 Å². The maximum atomic E-state index is 9.26. The molecule has 13 heavy (non-hydrogen) atoms. The van der Waals surface area contributed by atoms with E-state index in [1.165, 1.54) is 38.5 Å². The Morgan fingerprint density at radius 2 is 1.54 bits per heavy atom. The third-order valence-corrected chi connectivity index (χ3v) is 2.36. The molecule has 0 aromatic heterocycles. The minimum Gasteiger partial charge on any atom is -1.00 e. The summed E-state index contributed by atoms with van der Waals surface area (Å²) in [6.45, 7) is 4.28. The van der Waals surface area contributed by atoms with Gasteiger partial charge in [0, 0.05) is 0 Å². The molecule has 0 bridgehead atoms. The minimum absolute atomic E-state index is 0. The summed E-state index contributed by atoms with van der Waals surface area (Å²) in [6.07, 6.45) is 9.79. The molecular formula is C11H25NaO. The van der Waals surface area contributed by atoms with Gasteiger partial charge in [-0.15, -0.1) is 0 Å². The maximum absolute atomic E-state index is 9.26. The first-order valence-corrected chi connectivity index (χ1v) is 5.49. The number of aliphatic hydroxyl groups is 1. The van der Waals surface area contributed by atoms with Crippen LogP contribution in [0.4, 0.5) is 0 Å². The van der Waals surface area contributed by atoms with Crippen molar-refractivity contribution in [3.63, 3.8) is 0 Å². The Morgan fingerprint density at radius 1 is 1.00 bits per heavy atom. The SMILES string of the molecule is CCCCCCCCC(O)CC.[H-].[Na+]. The van der Waals surface area contributed by atoms with E-state index < -0.39 is 0 Å². The third-order valence-electron chi connectivity index (χ3n) is 2.36. The monoisotopic (exact) mass is 196 g/mol. The second-order valence-electron chi connectivity index (χ2n) is 3.62. The molecule has 1 N–H and O–H groups in total. The van der Waals surface area contributed by atoms with Gasteiger partial charge in [-0.25, -0.2) is 0 Å². The van der Waals surface area contributed by atoms with E-state index in [-0.39, 0.29) is 37.1 Å². The summed E-state index contributed by atoms with van der Waals surface area (Å²) in [6, 6.07) is 0. The number of unbranched alkanes of at least 4 members (excludes halogenated alkanes) is 5. The number of aliphatic hydroxyl groups excluding tert-OH is 1. The van der Waals surface area contributed by atoms with Crippen molar-refractivity contribution in [2.24, 2.45) is 0 Å². The Hall–Kier alpha value is 0.960. The molecule has 0 rings (SSSR count). The predicted molar refractivity (Wildman–Crippen MR) is 55.4 cm³/mol. The minimum atomic E-state index is -0.0452. The van der Waals surface area contributed by atoms with Crippen LogP contribution in [0.15, 0.2) is 0 Å². The topological polar surface area (TPSA) is 20.2 Å². The summed E-state index contributed by atoms with van der Waals surface area (Å²) in [7, 11) is 0. The van der Waals surface area contributed by atoms with Crippen LogP contribution in [0.5, 0.6) is 0 Å². The smallest absolute Gasteiger partial charge is 1.00 e. The van der Waals surface area contributed by atoms with Crippen LogP contribution in [-0.2, 0) is 0 Å². The van der Waals surface area contributed by atoms with Crippen molar-refractivity contribution in [2.75, 3.05) is 0 Å². The van der Waals surface area contributed by atoms with Crippen LogP contribution in [0.2, 0.25) is 0 Å². The molecule has 76 valence electrons. The Bertz CT molecular complexity index is 91.4. The molecule has 0 radical (unpaired) electrons. The van der Waals surface area contributed by atoms with E-state index in [1.54, 1.807) is 0 Å². The van der Waals surface area contributed by atoms with Crippen molar-refractivity contribution in [1.82, 2.24) is 0 Å². The van der Waals surface area contributed by atoms with Crippen molar-refractivity contribution >= 4 is 0 Å². The van der Waals surface area contributed by atoms with Gasteiger partial charge < -0.3 is 6.53 Å². The van der Waals surface area contributed by atoms with E-state index in [2.05, 4.69) is 6.92 Å². The summed E-state index contributed by atoms with van der Waals surface area (Å²) < 4.78 is 0. The van der Waals surface area contributed by atoms with Gasteiger partial charge >= 0.3 is 29.6 Å². The van der Waals surface area contributed by atoms with E-state index in [0.717, 1.165) is 12.8 Å². The van der Waals surface area contributed by atoms with E-state index in [4.69, 9.17) is 0 Å². The van der Waals surface area contributed by atoms with Gasteiger partial charge in [-0.2, -0.15) is 0 Å². The van der Waals surface area contributed by atoms with Gasteiger partial charge in [0.1, 0.15) is 0 Å². The average molecular weight is 196 g/mol. The number of rotatable bonds is 8. The normalized spacial score (nSPS) is 12.2. The molecule has 0 saturated heterocycles. The van der Waals surface area contributed by atoms with Crippen molar-refractivity contribution < 1.29 is 36.1 Å². The molecule has 0 aliphatic heterocycles. The van der Waals surface area contributed by atoms with Gasteiger partial charge in [0.25, 0.3) is 0 Å². The van der Waals surface area contributed by atoms with E-state index in [9.17, 15) is 5.11 Å². The number of hydrogen-bond donors (Lipinski definition) is 1. The van der Waals surface area contributed by atoms with Gasteiger partial charge in [0.2, 0.25) is 0 Å². The largest absolute Gasteiger partial charge is 1.00 e. The second-order valence-corrected chi connectivity index (χ2v) is 3.62. The van der Waals surface area contributed by atoms with E-state index in [1.807, 2.05) is 6.92 Å². The van der Waals surface area contributed by atoms with E-state index >= 15 is 0 Å². The molecule has 0 spiro atoms. The van der Waals surface area contributed by atoms with Crippen LogP contribution in [0, 0.1) is 0 Å². The van der Waals surface area contributed by atoms with Gasteiger partial charge in [0.05, 0.1) is 6.10 Å². The molecular weight excluding hydrogens is 171 g/mol. The Morgan fingerprint density at radius 3 is 2.08 bits per heavy atom. The molecule has 0 amide bonds. The molecule has 1 unspecified atom stereocenters. The van der Waals surface area contributed by atoms with Gasteiger partial charge in [-0.3, -0.25) is 0 Å². The molecule has 2 heteroatoms. The fraction of sp³-hybridized carbons (Fsp3) is 1.00. The fourth-order valence-corrected chi connectivity index (χ4v) is 1.36. The van der Waals surface area contributed by atoms with Crippen molar-refractivity contribution in [2.45, 2.75) is 71.3 Å². The second kappa shape index (κ2) is 13.0. The average Bonchev–Trinajstić information content (AvgIpc) is 2.10. The first-order chi connectivity index (χ1) is 5.81. The summed E-state index contributed by atoms with van der Waals surface area (Å²) in [5, 5.41) is 9.26. The number of hydrogen-bond acceptors (Lipinski definition) is 1. The summed E-state index contributed by atoms with van der Waals surface area (Å²) in [5.74, 6) is 0. The molecule has 0 saturated carbocycles. The molecule has 0 aromatic carbocycles. The molecule has 0 heterocycles. The standard InChI is InChI=1S/C11H24O.Na.H/c1-3-5-6-7-8-9-10-11(12)4-2;;/h11-12H,3-10H2,1-2H3;;/q;+1;-1. The quantitative estimate of drug-likeness (QED) is 0.446. The molecule has 0 aromatic rings. The van der Waals surface area contributed by atoms with Gasteiger partial charge in [-0.05, 0) is 12.8 Å². The first kappa shape index (κ1) is 16.4. The zero-order chi connectivity index (χ0) is 9.23. The molecule has 1 atom stereocenters. The van der Waals surface area contributed by atoms with Gasteiger partial charge in [-0.1, -0.05) is 52.4 Å². The molecule has 0 fully saturated rings. The van der Waals surface area contributed by atoms with Crippen LogP contribution in [0.25, 0.3) is 0 Å².